The minimum Gasteiger partial charge on any atom is -0.490 e. The summed E-state index contributed by atoms with van der Waals surface area (Å²) in [5.74, 6) is 1.34. The summed E-state index contributed by atoms with van der Waals surface area (Å²) in [4.78, 5) is 11.9. The van der Waals surface area contributed by atoms with Gasteiger partial charge in [0, 0.05) is 0 Å². The standard InChI is InChI=1S/C29H30O4/c1-3-19-31-27-17-18-28(33-22-24-9-6-5-7-10-24)26(21-27)12-8-11-23-13-15-25(16-14-23)29(30)32-20-4-2/h3-7,9-10,13-18,21H,1-2,8,11-12,19-20,22H2. The first kappa shape index (κ1) is 23.9. The van der Waals surface area contributed by atoms with Crippen LogP contribution in [0.2, 0.25) is 0 Å². The minimum absolute atomic E-state index is 0.213. The molecule has 3 aromatic rings. The molecule has 0 amide bonds. The van der Waals surface area contributed by atoms with Crippen molar-refractivity contribution in [2.24, 2.45) is 0 Å². The van der Waals surface area contributed by atoms with E-state index in [-0.39, 0.29) is 12.6 Å². The topological polar surface area (TPSA) is 44.8 Å². The Morgan fingerprint density at radius 3 is 2.27 bits per heavy atom. The highest BCUT2D eigenvalue weighted by atomic mass is 16.5. The van der Waals surface area contributed by atoms with E-state index in [2.05, 4.69) is 25.3 Å². The van der Waals surface area contributed by atoms with Gasteiger partial charge in [0.1, 0.15) is 31.3 Å². The Morgan fingerprint density at radius 1 is 0.788 bits per heavy atom. The molecule has 0 unspecified atom stereocenters. The Bertz CT molecular complexity index is 1040. The van der Waals surface area contributed by atoms with Crippen LogP contribution in [-0.2, 0) is 24.2 Å². The van der Waals surface area contributed by atoms with Gasteiger partial charge in [-0.25, -0.2) is 4.79 Å². The van der Waals surface area contributed by atoms with Crippen LogP contribution in [0, 0.1) is 0 Å². The molecule has 4 heteroatoms. The van der Waals surface area contributed by atoms with Crippen LogP contribution in [0.1, 0.15) is 33.5 Å². The molecule has 0 bridgehead atoms. The predicted molar refractivity (Wildman–Crippen MR) is 132 cm³/mol. The molecule has 170 valence electrons. The molecule has 4 nitrogen and oxygen atoms in total. The van der Waals surface area contributed by atoms with Gasteiger partial charge in [-0.15, -0.1) is 0 Å². The first-order chi connectivity index (χ1) is 16.2. The SMILES string of the molecule is C=CCOC(=O)c1ccc(CCCc2cc(OCC=C)ccc2OCc2ccccc2)cc1. The third kappa shape index (κ3) is 7.69. The molecule has 0 N–H and O–H groups in total. The second-order valence-corrected chi connectivity index (χ2v) is 7.58. The second kappa shape index (κ2) is 12.9. The van der Waals surface area contributed by atoms with Crippen molar-refractivity contribution in [3.63, 3.8) is 0 Å². The maximum absolute atomic E-state index is 11.9. The normalized spacial score (nSPS) is 10.3. The van der Waals surface area contributed by atoms with Gasteiger partial charge in [0.2, 0.25) is 0 Å². The van der Waals surface area contributed by atoms with Crippen molar-refractivity contribution in [2.45, 2.75) is 25.9 Å². The molecular formula is C29H30O4. The summed E-state index contributed by atoms with van der Waals surface area (Å²) in [6.45, 7) is 8.46. The second-order valence-electron chi connectivity index (χ2n) is 7.58. The highest BCUT2D eigenvalue weighted by molar-refractivity contribution is 5.89. The average Bonchev–Trinajstić information content (AvgIpc) is 2.86. The molecule has 0 saturated carbocycles. The van der Waals surface area contributed by atoms with Gasteiger partial charge in [-0.05, 0) is 66.3 Å². The van der Waals surface area contributed by atoms with E-state index in [4.69, 9.17) is 14.2 Å². The van der Waals surface area contributed by atoms with Crippen molar-refractivity contribution in [2.75, 3.05) is 13.2 Å². The van der Waals surface area contributed by atoms with Crippen molar-refractivity contribution >= 4 is 5.97 Å². The van der Waals surface area contributed by atoms with Crippen LogP contribution in [0.4, 0.5) is 0 Å². The number of carbonyl (C=O) groups is 1. The van der Waals surface area contributed by atoms with Gasteiger partial charge >= 0.3 is 5.97 Å². The van der Waals surface area contributed by atoms with E-state index < -0.39 is 0 Å². The molecule has 0 atom stereocenters. The lowest BCUT2D eigenvalue weighted by molar-refractivity contribution is 0.0549. The van der Waals surface area contributed by atoms with Crippen molar-refractivity contribution in [3.8, 4) is 11.5 Å². The largest absolute Gasteiger partial charge is 0.490 e. The fourth-order valence-electron chi connectivity index (χ4n) is 3.38. The van der Waals surface area contributed by atoms with Gasteiger partial charge in [-0.1, -0.05) is 67.8 Å². The van der Waals surface area contributed by atoms with Crippen LogP contribution in [0.15, 0.2) is 98.1 Å². The molecule has 0 aliphatic rings. The summed E-state index contributed by atoms with van der Waals surface area (Å²) in [7, 11) is 0. The molecule has 3 aromatic carbocycles. The number of ether oxygens (including phenoxy) is 3. The van der Waals surface area contributed by atoms with E-state index >= 15 is 0 Å². The van der Waals surface area contributed by atoms with Crippen LogP contribution < -0.4 is 9.47 Å². The van der Waals surface area contributed by atoms with Crippen LogP contribution in [0.3, 0.4) is 0 Å². The zero-order chi connectivity index (χ0) is 23.3. The molecule has 0 aliphatic carbocycles. The number of aryl methyl sites for hydroxylation is 2. The number of rotatable bonds is 13. The highest BCUT2D eigenvalue weighted by Gasteiger charge is 2.09. The van der Waals surface area contributed by atoms with Crippen molar-refractivity contribution in [3.05, 3.63) is 120 Å². The van der Waals surface area contributed by atoms with Gasteiger partial charge < -0.3 is 14.2 Å². The van der Waals surface area contributed by atoms with Gasteiger partial charge in [-0.2, -0.15) is 0 Å². The lowest BCUT2D eigenvalue weighted by Crippen LogP contribution is -2.05. The molecule has 0 radical (unpaired) electrons. The molecule has 0 fully saturated rings. The third-order valence-corrected chi connectivity index (χ3v) is 5.07. The van der Waals surface area contributed by atoms with E-state index in [0.717, 1.165) is 41.9 Å². The van der Waals surface area contributed by atoms with Crippen molar-refractivity contribution in [1.29, 1.82) is 0 Å². The van der Waals surface area contributed by atoms with E-state index in [1.807, 2.05) is 48.5 Å². The molecule has 0 aromatic heterocycles. The lowest BCUT2D eigenvalue weighted by Gasteiger charge is -2.14. The Labute approximate surface area is 196 Å². The smallest absolute Gasteiger partial charge is 0.338 e. The summed E-state index contributed by atoms with van der Waals surface area (Å²) in [6.07, 6.45) is 5.96. The van der Waals surface area contributed by atoms with Crippen LogP contribution in [0.25, 0.3) is 0 Å². The summed E-state index contributed by atoms with van der Waals surface area (Å²) in [5, 5.41) is 0. The molecular weight excluding hydrogens is 412 g/mol. The highest BCUT2D eigenvalue weighted by Crippen LogP contribution is 2.27. The van der Waals surface area contributed by atoms with Crippen LogP contribution in [0.5, 0.6) is 11.5 Å². The van der Waals surface area contributed by atoms with Gasteiger partial charge in [0.05, 0.1) is 5.56 Å². The van der Waals surface area contributed by atoms with E-state index in [1.165, 1.54) is 5.56 Å². The maximum Gasteiger partial charge on any atom is 0.338 e. The Kier molecular flexibility index (Phi) is 9.34. The summed E-state index contributed by atoms with van der Waals surface area (Å²) in [5.41, 5.74) is 3.95. The Balaban J connectivity index is 1.62. The molecule has 0 aliphatic heterocycles. The van der Waals surface area contributed by atoms with Crippen LogP contribution in [-0.4, -0.2) is 19.2 Å². The zero-order valence-electron chi connectivity index (χ0n) is 18.9. The number of hydrogen-bond donors (Lipinski definition) is 0. The van der Waals surface area contributed by atoms with E-state index in [1.54, 1.807) is 24.3 Å². The fourth-order valence-corrected chi connectivity index (χ4v) is 3.38. The van der Waals surface area contributed by atoms with E-state index in [0.29, 0.717) is 18.8 Å². The van der Waals surface area contributed by atoms with Gasteiger partial charge in [0.15, 0.2) is 0 Å². The first-order valence-corrected chi connectivity index (χ1v) is 11.1. The first-order valence-electron chi connectivity index (χ1n) is 11.1. The quantitative estimate of drug-likeness (QED) is 0.229. The van der Waals surface area contributed by atoms with Crippen molar-refractivity contribution < 1.29 is 19.0 Å². The van der Waals surface area contributed by atoms with Gasteiger partial charge in [-0.3, -0.25) is 0 Å². The number of carbonyl (C=O) groups excluding carboxylic acids is 1. The maximum atomic E-state index is 11.9. The minimum atomic E-state index is -0.335. The van der Waals surface area contributed by atoms with E-state index in [9.17, 15) is 4.79 Å². The molecule has 0 saturated heterocycles. The molecule has 3 rings (SSSR count). The number of hydrogen-bond acceptors (Lipinski definition) is 4. The molecule has 0 heterocycles. The zero-order valence-corrected chi connectivity index (χ0v) is 18.9. The van der Waals surface area contributed by atoms with Gasteiger partial charge in [0.25, 0.3) is 0 Å². The number of benzene rings is 3. The average molecular weight is 443 g/mol. The lowest BCUT2D eigenvalue weighted by atomic mass is 10.0. The van der Waals surface area contributed by atoms with Crippen LogP contribution >= 0.6 is 0 Å². The monoisotopic (exact) mass is 442 g/mol. The number of esters is 1. The fraction of sp³-hybridized carbons (Fsp3) is 0.207. The predicted octanol–water partition coefficient (Wildman–Crippen LogP) is 6.35. The molecule has 33 heavy (non-hydrogen) atoms. The summed E-state index contributed by atoms with van der Waals surface area (Å²) >= 11 is 0. The Hall–Kier alpha value is -3.79. The summed E-state index contributed by atoms with van der Waals surface area (Å²) in [6, 6.07) is 23.6. The molecule has 0 spiro atoms. The summed E-state index contributed by atoms with van der Waals surface area (Å²) < 4.78 is 16.9. The third-order valence-electron chi connectivity index (χ3n) is 5.07. The van der Waals surface area contributed by atoms with Crippen molar-refractivity contribution in [1.82, 2.24) is 0 Å². The Morgan fingerprint density at radius 2 is 1.55 bits per heavy atom.